The van der Waals surface area contributed by atoms with Gasteiger partial charge in [0.1, 0.15) is 29.4 Å². The summed E-state index contributed by atoms with van der Waals surface area (Å²) in [6.45, 7) is 1.19. The van der Waals surface area contributed by atoms with E-state index >= 15 is 0 Å². The van der Waals surface area contributed by atoms with Crippen molar-refractivity contribution in [1.82, 2.24) is 40.2 Å². The molecular formula is C26H23FN8O. The smallest absolute Gasteiger partial charge is 0.160 e. The lowest BCUT2D eigenvalue weighted by molar-refractivity contribution is 0.260. The molecule has 0 aliphatic rings. The van der Waals surface area contributed by atoms with Gasteiger partial charge >= 0.3 is 0 Å². The van der Waals surface area contributed by atoms with E-state index in [1.165, 1.54) is 12.1 Å². The van der Waals surface area contributed by atoms with Crippen molar-refractivity contribution in [3.05, 3.63) is 66.9 Å². The normalized spacial score (nSPS) is 11.7. The molecule has 9 nitrogen and oxygen atoms in total. The van der Waals surface area contributed by atoms with Crippen molar-refractivity contribution in [3.63, 3.8) is 0 Å². The maximum Gasteiger partial charge on any atom is 0.160 e. The second-order valence-electron chi connectivity index (χ2n) is 8.79. The Kier molecular flexibility index (Phi) is 5.42. The lowest BCUT2D eigenvalue weighted by Crippen LogP contribution is -2.19. The average Bonchev–Trinajstić information content (AvgIpc) is 3.62. The molecule has 6 rings (SSSR count). The number of H-pyrrole nitrogens is 3. The maximum absolute atomic E-state index is 14.5. The van der Waals surface area contributed by atoms with E-state index in [1.54, 1.807) is 12.4 Å². The first-order chi connectivity index (χ1) is 17.5. The van der Waals surface area contributed by atoms with Gasteiger partial charge < -0.3 is 14.6 Å². The summed E-state index contributed by atoms with van der Waals surface area (Å²) in [7, 11) is 3.92. The number of pyridine rings is 1. The molecule has 3 N–H and O–H groups in total. The highest BCUT2D eigenvalue weighted by Crippen LogP contribution is 2.33. The fourth-order valence-corrected chi connectivity index (χ4v) is 4.19. The van der Waals surface area contributed by atoms with Crippen LogP contribution >= 0.6 is 0 Å². The lowest BCUT2D eigenvalue weighted by Gasteiger charge is -2.12. The Morgan fingerprint density at radius 1 is 1.03 bits per heavy atom. The van der Waals surface area contributed by atoms with Gasteiger partial charge in [0.2, 0.25) is 0 Å². The highest BCUT2D eigenvalue weighted by Gasteiger charge is 2.17. The van der Waals surface area contributed by atoms with Crippen LogP contribution in [0.5, 0.6) is 5.75 Å². The zero-order valence-electron chi connectivity index (χ0n) is 19.7. The lowest BCUT2D eigenvalue weighted by atomic mass is 10.1. The van der Waals surface area contributed by atoms with Crippen LogP contribution in [0.2, 0.25) is 0 Å². The van der Waals surface area contributed by atoms with Gasteiger partial charge in [0.15, 0.2) is 11.5 Å². The van der Waals surface area contributed by atoms with Crippen LogP contribution in [0.1, 0.15) is 0 Å². The van der Waals surface area contributed by atoms with E-state index in [-0.39, 0.29) is 5.82 Å². The number of aromatic nitrogens is 7. The standard InChI is InChI=1S/C26H23FN8O/c1-35(2)7-8-36-19-10-16(9-18(27)12-19)20-5-6-28-25-23(20)31-26(32-25)24-21-11-15(17-13-29-30-14-17)3-4-22(21)33-34-24/h3-6,9-14H,7-8H2,1-2H3,(H,29,30)(H,33,34)(H,28,31,32). The molecule has 0 bridgehead atoms. The average molecular weight is 483 g/mol. The highest BCUT2D eigenvalue weighted by molar-refractivity contribution is 5.97. The molecule has 0 aliphatic heterocycles. The van der Waals surface area contributed by atoms with Crippen LogP contribution in [0.4, 0.5) is 4.39 Å². The van der Waals surface area contributed by atoms with Crippen LogP contribution < -0.4 is 4.74 Å². The summed E-state index contributed by atoms with van der Waals surface area (Å²) >= 11 is 0. The molecule has 0 spiro atoms. The van der Waals surface area contributed by atoms with E-state index in [2.05, 4.69) is 30.4 Å². The summed E-state index contributed by atoms with van der Waals surface area (Å²) in [4.78, 5) is 14.6. The van der Waals surface area contributed by atoms with Crippen molar-refractivity contribution in [2.45, 2.75) is 0 Å². The number of fused-ring (bicyclic) bond motifs is 2. The Hall–Kier alpha value is -4.57. The molecule has 0 radical (unpaired) electrons. The van der Waals surface area contributed by atoms with Gasteiger partial charge in [-0.1, -0.05) is 6.07 Å². The number of ether oxygens (including phenoxy) is 1. The molecule has 0 saturated carbocycles. The van der Waals surface area contributed by atoms with Gasteiger partial charge in [-0.2, -0.15) is 10.2 Å². The number of benzene rings is 2. The Bertz CT molecular complexity index is 1670. The predicted octanol–water partition coefficient (Wildman–Crippen LogP) is 4.64. The second-order valence-corrected chi connectivity index (χ2v) is 8.79. The van der Waals surface area contributed by atoms with Gasteiger partial charge in [0.25, 0.3) is 0 Å². The number of hydrogen-bond donors (Lipinski definition) is 3. The number of nitrogens with zero attached hydrogens (tertiary/aromatic N) is 5. The number of imidazole rings is 1. The zero-order valence-corrected chi connectivity index (χ0v) is 19.7. The largest absolute Gasteiger partial charge is 0.492 e. The Morgan fingerprint density at radius 3 is 2.78 bits per heavy atom. The summed E-state index contributed by atoms with van der Waals surface area (Å²) in [6, 6.07) is 12.5. The minimum atomic E-state index is -0.377. The van der Waals surface area contributed by atoms with Gasteiger partial charge in [-0.15, -0.1) is 0 Å². The minimum absolute atomic E-state index is 0.377. The molecule has 180 valence electrons. The predicted molar refractivity (Wildman–Crippen MR) is 136 cm³/mol. The summed E-state index contributed by atoms with van der Waals surface area (Å²) in [5.41, 5.74) is 6.17. The molecule has 0 fully saturated rings. The second kappa shape index (κ2) is 8.90. The molecule has 4 aromatic heterocycles. The van der Waals surface area contributed by atoms with Gasteiger partial charge in [-0.25, -0.2) is 14.4 Å². The van der Waals surface area contributed by atoms with Crippen LogP contribution in [-0.2, 0) is 0 Å². The van der Waals surface area contributed by atoms with Crippen molar-refractivity contribution in [1.29, 1.82) is 0 Å². The van der Waals surface area contributed by atoms with E-state index in [4.69, 9.17) is 9.72 Å². The van der Waals surface area contributed by atoms with E-state index in [0.29, 0.717) is 40.6 Å². The maximum atomic E-state index is 14.5. The molecule has 2 aromatic carbocycles. The van der Waals surface area contributed by atoms with Crippen molar-refractivity contribution in [3.8, 4) is 39.5 Å². The van der Waals surface area contributed by atoms with Crippen molar-refractivity contribution >= 4 is 22.1 Å². The van der Waals surface area contributed by atoms with Crippen LogP contribution in [0.3, 0.4) is 0 Å². The summed E-state index contributed by atoms with van der Waals surface area (Å²) < 4.78 is 20.3. The van der Waals surface area contributed by atoms with Gasteiger partial charge in [0.05, 0.1) is 11.7 Å². The van der Waals surface area contributed by atoms with E-state index in [0.717, 1.165) is 34.1 Å². The van der Waals surface area contributed by atoms with Crippen molar-refractivity contribution in [2.75, 3.05) is 27.2 Å². The first-order valence-electron chi connectivity index (χ1n) is 11.5. The molecule has 0 atom stereocenters. The fourth-order valence-electron chi connectivity index (χ4n) is 4.19. The molecular weight excluding hydrogens is 459 g/mol. The highest BCUT2D eigenvalue weighted by atomic mass is 19.1. The van der Waals surface area contributed by atoms with E-state index in [1.807, 2.05) is 55.5 Å². The zero-order chi connectivity index (χ0) is 24.6. The molecule has 0 aliphatic carbocycles. The molecule has 0 unspecified atom stereocenters. The quantitative estimate of drug-likeness (QED) is 0.306. The first-order valence-corrected chi connectivity index (χ1v) is 11.5. The number of nitrogens with one attached hydrogen (secondary N) is 3. The first kappa shape index (κ1) is 21.9. The number of halogens is 1. The Labute approximate surface area is 205 Å². The minimum Gasteiger partial charge on any atom is -0.492 e. The topological polar surface area (TPSA) is 111 Å². The van der Waals surface area contributed by atoms with Gasteiger partial charge in [-0.3, -0.25) is 10.2 Å². The molecule has 10 heteroatoms. The third-order valence-electron chi connectivity index (χ3n) is 5.99. The summed E-state index contributed by atoms with van der Waals surface area (Å²) in [6.07, 6.45) is 5.29. The fraction of sp³-hybridized carbons (Fsp3) is 0.154. The molecule has 0 amide bonds. The molecule has 4 heterocycles. The number of likely N-dealkylation sites (N-methyl/N-ethyl adjacent to an activating group) is 1. The number of aromatic amines is 3. The van der Waals surface area contributed by atoms with Crippen LogP contribution in [-0.4, -0.2) is 67.5 Å². The van der Waals surface area contributed by atoms with Gasteiger partial charge in [0, 0.05) is 41.5 Å². The SMILES string of the molecule is CN(C)CCOc1cc(F)cc(-c2ccnc3[nH]c(-c4n[nH]c5ccc(-c6cn[nH]c6)cc45)nc23)c1. The number of rotatable bonds is 7. The third kappa shape index (κ3) is 4.07. The summed E-state index contributed by atoms with van der Waals surface area (Å²) in [5, 5.41) is 15.4. The molecule has 0 saturated heterocycles. The van der Waals surface area contributed by atoms with Gasteiger partial charge in [-0.05, 0) is 55.6 Å². The van der Waals surface area contributed by atoms with Crippen molar-refractivity contribution < 1.29 is 9.13 Å². The molecule has 36 heavy (non-hydrogen) atoms. The summed E-state index contributed by atoms with van der Waals surface area (Å²) in [5.74, 6) is 0.662. The Morgan fingerprint density at radius 2 is 1.94 bits per heavy atom. The number of hydrogen-bond acceptors (Lipinski definition) is 6. The van der Waals surface area contributed by atoms with E-state index < -0.39 is 0 Å². The van der Waals surface area contributed by atoms with Crippen LogP contribution in [0.25, 0.3) is 55.8 Å². The van der Waals surface area contributed by atoms with Crippen LogP contribution in [0, 0.1) is 5.82 Å². The third-order valence-corrected chi connectivity index (χ3v) is 5.99. The van der Waals surface area contributed by atoms with Crippen LogP contribution in [0.15, 0.2) is 61.1 Å². The van der Waals surface area contributed by atoms with Crippen molar-refractivity contribution in [2.24, 2.45) is 0 Å². The monoisotopic (exact) mass is 482 g/mol. The van der Waals surface area contributed by atoms with E-state index in [9.17, 15) is 4.39 Å². The molecule has 6 aromatic rings. The Balaban J connectivity index is 1.41.